The summed E-state index contributed by atoms with van der Waals surface area (Å²) in [5, 5.41) is 3.90. The van der Waals surface area contributed by atoms with Crippen LogP contribution in [-0.4, -0.2) is 25.8 Å². The molecule has 0 saturated heterocycles. The minimum absolute atomic E-state index is 0.183. The Kier molecular flexibility index (Phi) is 6.49. The van der Waals surface area contributed by atoms with Crippen LogP contribution in [0.15, 0.2) is 68.6 Å². The topological polar surface area (TPSA) is 73.1 Å². The maximum absolute atomic E-state index is 11.9. The molecule has 1 heterocycles. The molecule has 3 rings (SSSR count). The number of ether oxygens (including phenoxy) is 2. The van der Waals surface area contributed by atoms with Crippen LogP contribution in [0, 0.1) is 6.92 Å². The Bertz CT molecular complexity index is 998. The molecule has 0 atom stereocenters. The number of halogens is 1. The van der Waals surface area contributed by atoms with Crippen LogP contribution in [-0.2, 0) is 4.79 Å². The Morgan fingerprint density at radius 3 is 2.71 bits per heavy atom. The lowest BCUT2D eigenvalue weighted by atomic mass is 10.1. The number of hydrazone groups is 1. The molecule has 0 saturated carbocycles. The highest BCUT2D eigenvalue weighted by atomic mass is 79.9. The molecule has 0 aliphatic rings. The Labute approximate surface area is 171 Å². The van der Waals surface area contributed by atoms with Crippen LogP contribution in [0.4, 0.5) is 0 Å². The average molecular weight is 443 g/mol. The molecular weight excluding hydrogens is 424 g/mol. The van der Waals surface area contributed by atoms with E-state index in [2.05, 4.69) is 26.5 Å². The largest absolute Gasteiger partial charge is 0.493 e. The van der Waals surface area contributed by atoms with Crippen molar-refractivity contribution in [3.8, 4) is 22.8 Å². The third-order valence-corrected chi connectivity index (χ3v) is 4.48. The Hall–Kier alpha value is -3.06. The van der Waals surface area contributed by atoms with Crippen molar-refractivity contribution in [1.29, 1.82) is 0 Å². The third-order valence-electron chi connectivity index (χ3n) is 3.83. The predicted molar refractivity (Wildman–Crippen MR) is 111 cm³/mol. The maximum Gasteiger partial charge on any atom is 0.277 e. The minimum Gasteiger partial charge on any atom is -0.493 e. The number of furan rings is 1. The molecule has 2 aromatic carbocycles. The molecule has 3 aromatic rings. The molecule has 0 bridgehead atoms. The van der Waals surface area contributed by atoms with Gasteiger partial charge in [-0.1, -0.05) is 34.1 Å². The molecule has 1 aromatic heterocycles. The number of rotatable bonds is 7. The van der Waals surface area contributed by atoms with Gasteiger partial charge < -0.3 is 13.9 Å². The van der Waals surface area contributed by atoms with Crippen molar-refractivity contribution in [3.05, 3.63) is 70.4 Å². The van der Waals surface area contributed by atoms with Gasteiger partial charge in [0.2, 0.25) is 0 Å². The molecule has 0 unspecified atom stereocenters. The normalized spacial score (nSPS) is 10.8. The number of carbonyl (C=O) groups is 1. The van der Waals surface area contributed by atoms with Gasteiger partial charge in [-0.25, -0.2) is 5.43 Å². The fourth-order valence-electron chi connectivity index (χ4n) is 2.47. The summed E-state index contributed by atoms with van der Waals surface area (Å²) in [5.41, 5.74) is 4.50. The molecule has 6 nitrogen and oxygen atoms in total. The average Bonchev–Trinajstić information content (AvgIpc) is 3.15. The summed E-state index contributed by atoms with van der Waals surface area (Å²) in [6, 6.07) is 16.8. The summed E-state index contributed by atoms with van der Waals surface area (Å²) in [6.45, 7) is 1.84. The van der Waals surface area contributed by atoms with Crippen LogP contribution in [0.3, 0.4) is 0 Å². The molecule has 0 fully saturated rings. The summed E-state index contributed by atoms with van der Waals surface area (Å²) in [7, 11) is 1.54. The van der Waals surface area contributed by atoms with Crippen molar-refractivity contribution < 1.29 is 18.7 Å². The quantitative estimate of drug-likeness (QED) is 0.430. The van der Waals surface area contributed by atoms with Crippen LogP contribution in [0.1, 0.15) is 11.3 Å². The molecule has 144 valence electrons. The summed E-state index contributed by atoms with van der Waals surface area (Å²) < 4.78 is 17.3. The fourth-order valence-corrected chi connectivity index (χ4v) is 3.16. The zero-order valence-electron chi connectivity index (χ0n) is 15.4. The summed E-state index contributed by atoms with van der Waals surface area (Å²) in [6.07, 6.45) is 1.44. The second kappa shape index (κ2) is 9.23. The molecule has 1 amide bonds. The van der Waals surface area contributed by atoms with E-state index < -0.39 is 5.91 Å². The first kappa shape index (κ1) is 19.7. The van der Waals surface area contributed by atoms with Gasteiger partial charge in [0.1, 0.15) is 11.5 Å². The first-order chi connectivity index (χ1) is 13.6. The van der Waals surface area contributed by atoms with Crippen molar-refractivity contribution in [3.63, 3.8) is 0 Å². The molecule has 0 radical (unpaired) electrons. The van der Waals surface area contributed by atoms with Crippen molar-refractivity contribution >= 4 is 28.1 Å². The SMILES string of the molecule is COc1ccccc1OCC(=O)N/N=C/c1ccc(-c2ccc(C)cc2Br)o1. The maximum atomic E-state index is 11.9. The number of nitrogens with one attached hydrogen (secondary N) is 1. The van der Waals surface area contributed by atoms with Crippen molar-refractivity contribution in [1.82, 2.24) is 5.43 Å². The van der Waals surface area contributed by atoms with E-state index in [0.29, 0.717) is 23.0 Å². The van der Waals surface area contributed by atoms with Crippen molar-refractivity contribution in [2.45, 2.75) is 6.92 Å². The van der Waals surface area contributed by atoms with Crippen LogP contribution in [0.2, 0.25) is 0 Å². The second-order valence-electron chi connectivity index (χ2n) is 5.92. The first-order valence-corrected chi connectivity index (χ1v) is 9.30. The molecule has 7 heteroatoms. The van der Waals surface area contributed by atoms with Gasteiger partial charge in [0, 0.05) is 10.0 Å². The zero-order chi connectivity index (χ0) is 19.9. The lowest BCUT2D eigenvalue weighted by Gasteiger charge is -2.08. The number of benzene rings is 2. The molecule has 0 aliphatic heterocycles. The second-order valence-corrected chi connectivity index (χ2v) is 6.77. The molecule has 28 heavy (non-hydrogen) atoms. The minimum atomic E-state index is -0.393. The standard InChI is InChI=1S/C21H19BrN2O4/c1-14-7-9-16(17(22)11-14)18-10-8-15(28-18)12-23-24-21(25)13-27-20-6-4-3-5-19(20)26-2/h3-12H,13H2,1-2H3,(H,24,25)/b23-12+. The molecule has 0 aliphatic carbocycles. The van der Waals surface area contributed by atoms with Crippen LogP contribution in [0.5, 0.6) is 11.5 Å². The number of hydrogen-bond acceptors (Lipinski definition) is 5. The molecular formula is C21H19BrN2O4. The van der Waals surface area contributed by atoms with E-state index >= 15 is 0 Å². The van der Waals surface area contributed by atoms with E-state index in [4.69, 9.17) is 13.9 Å². The van der Waals surface area contributed by atoms with Gasteiger partial charge in [-0.3, -0.25) is 4.79 Å². The van der Waals surface area contributed by atoms with Gasteiger partial charge in [0.05, 0.1) is 13.3 Å². The predicted octanol–water partition coefficient (Wildman–Crippen LogP) is 4.56. The van der Waals surface area contributed by atoms with E-state index in [1.807, 2.05) is 37.3 Å². The van der Waals surface area contributed by atoms with Crippen LogP contribution >= 0.6 is 15.9 Å². The van der Waals surface area contributed by atoms with E-state index in [-0.39, 0.29) is 6.61 Å². The highest BCUT2D eigenvalue weighted by Gasteiger charge is 2.08. The van der Waals surface area contributed by atoms with Gasteiger partial charge in [-0.15, -0.1) is 0 Å². The fraction of sp³-hybridized carbons (Fsp3) is 0.143. The molecule has 1 N–H and O–H groups in total. The van der Waals surface area contributed by atoms with Gasteiger partial charge >= 0.3 is 0 Å². The highest BCUT2D eigenvalue weighted by Crippen LogP contribution is 2.30. The lowest BCUT2D eigenvalue weighted by Crippen LogP contribution is -2.24. The number of methoxy groups -OCH3 is 1. The third kappa shape index (κ3) is 5.01. The number of aryl methyl sites for hydroxylation is 1. The summed E-state index contributed by atoms with van der Waals surface area (Å²) >= 11 is 3.54. The summed E-state index contributed by atoms with van der Waals surface area (Å²) in [4.78, 5) is 11.9. The Morgan fingerprint density at radius 2 is 1.96 bits per heavy atom. The van der Waals surface area contributed by atoms with E-state index in [0.717, 1.165) is 15.6 Å². The van der Waals surface area contributed by atoms with Gasteiger partial charge in [0.15, 0.2) is 18.1 Å². The number of hydrogen-bond donors (Lipinski definition) is 1. The Morgan fingerprint density at radius 1 is 1.18 bits per heavy atom. The molecule has 0 spiro atoms. The number of amides is 1. The monoisotopic (exact) mass is 442 g/mol. The number of nitrogens with zero attached hydrogens (tertiary/aromatic N) is 1. The smallest absolute Gasteiger partial charge is 0.277 e. The summed E-state index contributed by atoms with van der Waals surface area (Å²) in [5.74, 6) is 1.88. The van der Waals surface area contributed by atoms with E-state index in [1.165, 1.54) is 6.21 Å². The van der Waals surface area contributed by atoms with E-state index in [1.54, 1.807) is 31.4 Å². The zero-order valence-corrected chi connectivity index (χ0v) is 17.0. The van der Waals surface area contributed by atoms with Crippen molar-refractivity contribution in [2.24, 2.45) is 5.10 Å². The highest BCUT2D eigenvalue weighted by molar-refractivity contribution is 9.10. The number of carbonyl (C=O) groups excluding carboxylic acids is 1. The van der Waals surface area contributed by atoms with Crippen molar-refractivity contribution in [2.75, 3.05) is 13.7 Å². The Balaban J connectivity index is 1.55. The van der Waals surface area contributed by atoms with Crippen LogP contribution in [0.25, 0.3) is 11.3 Å². The van der Waals surface area contributed by atoms with Crippen LogP contribution < -0.4 is 14.9 Å². The van der Waals surface area contributed by atoms with Gasteiger partial charge in [-0.05, 0) is 48.9 Å². The first-order valence-electron chi connectivity index (χ1n) is 8.51. The number of para-hydroxylation sites is 2. The lowest BCUT2D eigenvalue weighted by molar-refractivity contribution is -0.123. The van der Waals surface area contributed by atoms with Gasteiger partial charge in [-0.2, -0.15) is 5.10 Å². The van der Waals surface area contributed by atoms with Gasteiger partial charge in [0.25, 0.3) is 5.91 Å². The van der Waals surface area contributed by atoms with E-state index in [9.17, 15) is 4.79 Å².